The zero-order valence-electron chi connectivity index (χ0n) is 14.0. The third-order valence-electron chi connectivity index (χ3n) is 3.81. The smallest absolute Gasteiger partial charge is 0.404 e. The molecule has 0 aliphatic carbocycles. The number of pyridine rings is 1. The summed E-state index contributed by atoms with van der Waals surface area (Å²) in [6.07, 6.45) is 1.42. The predicted octanol–water partition coefficient (Wildman–Crippen LogP) is 2.99. The number of nitrogens with one attached hydrogen (secondary N) is 1. The van der Waals surface area contributed by atoms with Gasteiger partial charge in [0, 0.05) is 12.3 Å². The van der Waals surface area contributed by atoms with Crippen molar-refractivity contribution in [1.29, 1.82) is 0 Å². The van der Waals surface area contributed by atoms with Crippen LogP contribution in [-0.2, 0) is 9.53 Å². The molecule has 2 amide bonds. The third-order valence-corrected chi connectivity index (χ3v) is 3.81. The average molecular weight is 329 g/mol. The standard InChI is InChI=1S/C18H23N3O3/c1-12-11-17(21-15-8-4-3-7-14(12)15)16(20-13(2)22)9-5-6-10-24-18(19)23/h3-4,7-8,11,16H,5-6,9-10H2,1-2H3,(H2,19,23)(H,20,22)/t16-/m0/s1. The van der Waals surface area contributed by atoms with Crippen LogP contribution in [-0.4, -0.2) is 23.6 Å². The highest BCUT2D eigenvalue weighted by atomic mass is 16.5. The molecule has 1 atom stereocenters. The highest BCUT2D eigenvalue weighted by Crippen LogP contribution is 2.24. The summed E-state index contributed by atoms with van der Waals surface area (Å²) < 4.78 is 4.72. The van der Waals surface area contributed by atoms with Gasteiger partial charge in [-0.3, -0.25) is 9.78 Å². The number of hydrogen-bond donors (Lipinski definition) is 2. The topological polar surface area (TPSA) is 94.3 Å². The van der Waals surface area contributed by atoms with Gasteiger partial charge in [0.1, 0.15) is 0 Å². The molecule has 0 aliphatic rings. The highest BCUT2D eigenvalue weighted by molar-refractivity contribution is 5.82. The fraction of sp³-hybridized carbons (Fsp3) is 0.389. The second kappa shape index (κ2) is 8.29. The molecule has 1 heterocycles. The Balaban J connectivity index is 2.12. The van der Waals surface area contributed by atoms with Crippen LogP contribution in [0.15, 0.2) is 30.3 Å². The summed E-state index contributed by atoms with van der Waals surface area (Å²) in [4.78, 5) is 26.8. The Bertz CT molecular complexity index is 731. The number of rotatable bonds is 7. The molecule has 1 aromatic heterocycles. The van der Waals surface area contributed by atoms with Crippen molar-refractivity contribution in [1.82, 2.24) is 10.3 Å². The van der Waals surface area contributed by atoms with Crippen molar-refractivity contribution >= 4 is 22.9 Å². The van der Waals surface area contributed by atoms with Crippen LogP contribution >= 0.6 is 0 Å². The maximum Gasteiger partial charge on any atom is 0.404 e. The summed E-state index contributed by atoms with van der Waals surface area (Å²) in [6.45, 7) is 3.82. The Labute approximate surface area is 141 Å². The Morgan fingerprint density at radius 2 is 2.04 bits per heavy atom. The van der Waals surface area contributed by atoms with Crippen molar-refractivity contribution in [3.05, 3.63) is 41.6 Å². The zero-order chi connectivity index (χ0) is 17.5. The fourth-order valence-electron chi connectivity index (χ4n) is 2.72. The highest BCUT2D eigenvalue weighted by Gasteiger charge is 2.15. The van der Waals surface area contributed by atoms with Crippen molar-refractivity contribution < 1.29 is 14.3 Å². The molecule has 0 saturated heterocycles. The zero-order valence-corrected chi connectivity index (χ0v) is 14.0. The number of para-hydroxylation sites is 1. The van der Waals surface area contributed by atoms with Crippen LogP contribution in [0.2, 0.25) is 0 Å². The molecule has 128 valence electrons. The lowest BCUT2D eigenvalue weighted by Crippen LogP contribution is -2.27. The summed E-state index contributed by atoms with van der Waals surface area (Å²) in [6, 6.07) is 9.80. The van der Waals surface area contributed by atoms with Gasteiger partial charge >= 0.3 is 6.09 Å². The number of fused-ring (bicyclic) bond motifs is 1. The van der Waals surface area contributed by atoms with E-state index >= 15 is 0 Å². The van der Waals surface area contributed by atoms with E-state index in [-0.39, 0.29) is 18.6 Å². The van der Waals surface area contributed by atoms with Crippen LogP contribution in [0.1, 0.15) is 43.5 Å². The molecule has 6 heteroatoms. The van der Waals surface area contributed by atoms with Gasteiger partial charge in [-0.05, 0) is 43.9 Å². The molecule has 0 bridgehead atoms. The van der Waals surface area contributed by atoms with E-state index in [2.05, 4.69) is 5.32 Å². The van der Waals surface area contributed by atoms with Crippen molar-refractivity contribution in [3.63, 3.8) is 0 Å². The number of carbonyl (C=O) groups excluding carboxylic acids is 2. The number of primary amides is 1. The lowest BCUT2D eigenvalue weighted by Gasteiger charge is -2.19. The van der Waals surface area contributed by atoms with E-state index in [4.69, 9.17) is 15.5 Å². The summed E-state index contributed by atoms with van der Waals surface area (Å²) in [7, 11) is 0. The molecule has 1 aromatic carbocycles. The molecular weight excluding hydrogens is 306 g/mol. The van der Waals surface area contributed by atoms with Crippen LogP contribution in [0.5, 0.6) is 0 Å². The first-order valence-corrected chi connectivity index (χ1v) is 8.03. The number of unbranched alkanes of at least 4 members (excludes halogenated alkanes) is 1. The van der Waals surface area contributed by atoms with Gasteiger partial charge in [0.25, 0.3) is 0 Å². The van der Waals surface area contributed by atoms with Crippen LogP contribution in [0.4, 0.5) is 4.79 Å². The average Bonchev–Trinajstić information content (AvgIpc) is 2.52. The summed E-state index contributed by atoms with van der Waals surface area (Å²) in [5, 5.41) is 4.06. The van der Waals surface area contributed by atoms with Crippen molar-refractivity contribution in [3.8, 4) is 0 Å². The molecule has 3 N–H and O–H groups in total. The molecule has 0 spiro atoms. The number of amides is 2. The minimum atomic E-state index is -0.764. The van der Waals surface area contributed by atoms with Crippen molar-refractivity contribution in [2.45, 2.75) is 39.2 Å². The molecule has 0 fully saturated rings. The summed E-state index contributed by atoms with van der Waals surface area (Å²) in [5.41, 5.74) is 7.82. The van der Waals surface area contributed by atoms with E-state index < -0.39 is 6.09 Å². The van der Waals surface area contributed by atoms with Gasteiger partial charge in [-0.2, -0.15) is 0 Å². The molecule has 6 nitrogen and oxygen atoms in total. The first-order chi connectivity index (χ1) is 11.5. The Morgan fingerprint density at radius 3 is 2.75 bits per heavy atom. The number of nitrogens with zero attached hydrogens (tertiary/aromatic N) is 1. The Morgan fingerprint density at radius 1 is 1.29 bits per heavy atom. The molecular formula is C18H23N3O3. The van der Waals surface area contributed by atoms with E-state index in [1.54, 1.807) is 0 Å². The lowest BCUT2D eigenvalue weighted by atomic mass is 10.0. The van der Waals surface area contributed by atoms with Gasteiger partial charge in [0.15, 0.2) is 0 Å². The second-order valence-corrected chi connectivity index (χ2v) is 5.80. The van der Waals surface area contributed by atoms with Crippen LogP contribution in [0.25, 0.3) is 10.9 Å². The number of ether oxygens (including phenoxy) is 1. The quantitative estimate of drug-likeness (QED) is 0.764. The SMILES string of the molecule is CC(=O)N[C@@H](CCCCOC(N)=O)c1cc(C)c2ccccc2n1. The van der Waals surface area contributed by atoms with Gasteiger partial charge in [-0.15, -0.1) is 0 Å². The van der Waals surface area contributed by atoms with Gasteiger partial charge in [-0.25, -0.2) is 4.79 Å². The van der Waals surface area contributed by atoms with Crippen LogP contribution < -0.4 is 11.1 Å². The van der Waals surface area contributed by atoms with Gasteiger partial charge in [-0.1, -0.05) is 18.2 Å². The molecule has 0 aliphatic heterocycles. The first kappa shape index (κ1) is 17.7. The number of aromatic nitrogens is 1. The van der Waals surface area contributed by atoms with E-state index in [0.29, 0.717) is 12.8 Å². The predicted molar refractivity (Wildman–Crippen MR) is 92.4 cm³/mol. The van der Waals surface area contributed by atoms with Gasteiger partial charge in [0.2, 0.25) is 5.91 Å². The van der Waals surface area contributed by atoms with Crippen LogP contribution in [0, 0.1) is 6.92 Å². The minimum Gasteiger partial charge on any atom is -0.450 e. The Hall–Kier alpha value is -2.63. The van der Waals surface area contributed by atoms with E-state index in [1.165, 1.54) is 6.92 Å². The molecule has 2 aromatic rings. The van der Waals surface area contributed by atoms with Gasteiger partial charge < -0.3 is 15.8 Å². The number of carbonyl (C=O) groups is 2. The van der Waals surface area contributed by atoms with E-state index in [9.17, 15) is 9.59 Å². The normalized spacial score (nSPS) is 11.9. The summed E-state index contributed by atoms with van der Waals surface area (Å²) in [5.74, 6) is -0.0963. The van der Waals surface area contributed by atoms with Gasteiger partial charge in [0.05, 0.1) is 23.9 Å². The second-order valence-electron chi connectivity index (χ2n) is 5.80. The molecule has 0 radical (unpaired) electrons. The molecule has 0 saturated carbocycles. The monoisotopic (exact) mass is 329 g/mol. The fourth-order valence-corrected chi connectivity index (χ4v) is 2.72. The minimum absolute atomic E-state index is 0.0963. The number of aryl methyl sites for hydroxylation is 1. The van der Waals surface area contributed by atoms with Crippen molar-refractivity contribution in [2.75, 3.05) is 6.61 Å². The van der Waals surface area contributed by atoms with E-state index in [1.807, 2.05) is 37.3 Å². The molecule has 24 heavy (non-hydrogen) atoms. The third kappa shape index (κ3) is 4.94. The molecule has 2 rings (SSSR count). The van der Waals surface area contributed by atoms with Crippen LogP contribution in [0.3, 0.4) is 0 Å². The lowest BCUT2D eigenvalue weighted by molar-refractivity contribution is -0.119. The maximum absolute atomic E-state index is 11.5. The maximum atomic E-state index is 11.5. The molecule has 0 unspecified atom stereocenters. The Kier molecular flexibility index (Phi) is 6.12. The largest absolute Gasteiger partial charge is 0.450 e. The number of hydrogen-bond acceptors (Lipinski definition) is 4. The van der Waals surface area contributed by atoms with Crippen molar-refractivity contribution in [2.24, 2.45) is 5.73 Å². The number of benzene rings is 1. The number of nitrogens with two attached hydrogens (primary N) is 1. The van der Waals surface area contributed by atoms with E-state index in [0.717, 1.165) is 28.6 Å². The summed E-state index contributed by atoms with van der Waals surface area (Å²) >= 11 is 0. The first-order valence-electron chi connectivity index (χ1n) is 8.03.